The summed E-state index contributed by atoms with van der Waals surface area (Å²) in [6, 6.07) is 3.49. The summed E-state index contributed by atoms with van der Waals surface area (Å²) < 4.78 is 42.5. The molecule has 2 heterocycles. The molecule has 2 N–H and O–H groups in total. The van der Waals surface area contributed by atoms with E-state index in [1.807, 2.05) is 4.90 Å². The van der Waals surface area contributed by atoms with Crippen LogP contribution in [0.15, 0.2) is 12.1 Å². The van der Waals surface area contributed by atoms with Crippen LogP contribution in [0.4, 0.5) is 9.59 Å². The number of carboxylic acids is 1. The molecule has 1 aromatic carbocycles. The molecule has 7 rings (SSSR count). The number of rotatable bonds is 10. The molecule has 310 valence electrons. The molecule has 4 saturated carbocycles. The number of aliphatic carboxylic acids is 1. The molecule has 4 unspecified atom stereocenters. The first-order valence-corrected chi connectivity index (χ1v) is 19.9. The Morgan fingerprint density at radius 3 is 2.09 bits per heavy atom. The van der Waals surface area contributed by atoms with E-state index in [4.69, 9.17) is 33.0 Å². The lowest BCUT2D eigenvalue weighted by molar-refractivity contribution is -0.199. The van der Waals surface area contributed by atoms with Gasteiger partial charge in [-0.3, -0.25) is 4.90 Å². The van der Waals surface area contributed by atoms with Crippen LogP contribution in [0.1, 0.15) is 131 Å². The van der Waals surface area contributed by atoms with Crippen molar-refractivity contribution in [2.45, 2.75) is 161 Å². The number of amides is 1. The maximum absolute atomic E-state index is 14.1. The molecule has 6 aliphatic rings. The number of alkyl carbamates (subject to hydrolysis) is 1. The number of hydrogen-bond acceptors (Lipinski definition) is 12. The Morgan fingerprint density at radius 2 is 1.52 bits per heavy atom. The summed E-state index contributed by atoms with van der Waals surface area (Å²) in [6.07, 6.45) is 0.521. The first-order chi connectivity index (χ1) is 25.6. The van der Waals surface area contributed by atoms with E-state index in [0.717, 1.165) is 12.8 Å². The van der Waals surface area contributed by atoms with Crippen molar-refractivity contribution < 1.29 is 57.3 Å². The Morgan fingerprint density at radius 1 is 0.893 bits per heavy atom. The number of ether oxygens (including phenoxy) is 5. The summed E-state index contributed by atoms with van der Waals surface area (Å²) in [7, 11) is -0.442. The van der Waals surface area contributed by atoms with Crippen LogP contribution < -0.4 is 14.8 Å². The minimum Gasteiger partial charge on any atom is -0.487 e. The number of esters is 1. The van der Waals surface area contributed by atoms with Crippen molar-refractivity contribution in [3.63, 3.8) is 0 Å². The van der Waals surface area contributed by atoms with E-state index >= 15 is 0 Å². The molecule has 0 aromatic heterocycles. The highest BCUT2D eigenvalue weighted by molar-refractivity contribution is 6.49. The van der Waals surface area contributed by atoms with Gasteiger partial charge in [-0.25, -0.2) is 19.2 Å². The molecule has 7 atom stereocenters. The normalized spacial score (nSPS) is 29.4. The van der Waals surface area contributed by atoms with Crippen LogP contribution in [-0.4, -0.2) is 101 Å². The number of carboxylic acid groups (broad SMARTS) is 1. The Hall–Kier alpha value is -3.56. The van der Waals surface area contributed by atoms with E-state index in [9.17, 15) is 24.3 Å². The van der Waals surface area contributed by atoms with E-state index in [2.05, 4.69) is 26.1 Å². The highest BCUT2D eigenvalue weighted by atomic mass is 16.7. The topological polar surface area (TPSA) is 168 Å². The number of hydrogen-bond donors (Lipinski definition) is 2. The molecule has 4 aliphatic carbocycles. The van der Waals surface area contributed by atoms with Crippen LogP contribution in [0.3, 0.4) is 0 Å². The first-order valence-electron chi connectivity index (χ1n) is 19.9. The fourth-order valence-electron chi connectivity index (χ4n) is 8.96. The molecule has 1 amide bonds. The molecule has 56 heavy (non-hydrogen) atoms. The van der Waals surface area contributed by atoms with Crippen molar-refractivity contribution in [3.8, 4) is 11.5 Å². The SMILES string of the molecule is CC(C)(C)OC(=O)NC(C)(CN1CC(Oc2ccc(C3CC3B3OC4C[C@@H]5C[C@@H](C5(C)C)[C@]4(C)O3)c(OC(=O)OC(C)(C)C)c2C(=O)OC(C)(C)C)C1)C(=O)O. The lowest BCUT2D eigenvalue weighted by Crippen LogP contribution is -2.65. The standard InChI is InChI=1S/C41H61BN2O12/c1-36(2,3)52-32(45)30-27(50-23-19-44(20-23)21-40(12,33(46)47)43-34(48)53-37(4,5)6)15-14-24(31(30)51-35(49)54-38(7,8)9)25-18-26(25)42-55-29-17-22-16-28(39(22,10)11)41(29,13)56-42/h14-15,22-23,25-26,28-29H,16-21H2,1-13H3,(H,43,48)(H,46,47)/t22-,25?,26?,28-,29?,40?,41-/m0/s1. The average molecular weight is 785 g/mol. The highest BCUT2D eigenvalue weighted by Gasteiger charge is 2.70. The molecular formula is C41H61BN2O12. The molecule has 1 aromatic rings. The second-order valence-corrected chi connectivity index (χ2v) is 20.5. The number of nitrogens with zero attached hydrogens (tertiary/aromatic N) is 1. The minimum absolute atomic E-state index is 0.000270. The Labute approximate surface area is 331 Å². The van der Waals surface area contributed by atoms with E-state index < -0.39 is 59.8 Å². The molecule has 0 spiro atoms. The van der Waals surface area contributed by atoms with Gasteiger partial charge in [0.25, 0.3) is 0 Å². The van der Waals surface area contributed by atoms with Crippen molar-refractivity contribution in [1.82, 2.24) is 10.2 Å². The number of likely N-dealkylation sites (tertiary alicyclic amines) is 1. The predicted octanol–water partition coefficient (Wildman–Crippen LogP) is 6.97. The summed E-state index contributed by atoms with van der Waals surface area (Å²) in [5.74, 6) is -0.984. The molecule has 2 bridgehead atoms. The first kappa shape index (κ1) is 42.1. The summed E-state index contributed by atoms with van der Waals surface area (Å²) in [6.45, 7) is 24.3. The van der Waals surface area contributed by atoms with Gasteiger partial charge in [0.15, 0.2) is 11.3 Å². The summed E-state index contributed by atoms with van der Waals surface area (Å²) in [5, 5.41) is 12.5. The minimum atomic E-state index is -1.65. The third-order valence-corrected chi connectivity index (χ3v) is 11.9. The molecule has 2 aliphatic heterocycles. The summed E-state index contributed by atoms with van der Waals surface area (Å²) in [4.78, 5) is 54.1. The lowest BCUT2D eigenvalue weighted by atomic mass is 9.43. The second-order valence-electron chi connectivity index (χ2n) is 20.5. The zero-order valence-electron chi connectivity index (χ0n) is 35.3. The summed E-state index contributed by atoms with van der Waals surface area (Å²) in [5.41, 5.74) is -3.83. The molecule has 2 saturated heterocycles. The quantitative estimate of drug-likeness (QED) is 0.108. The van der Waals surface area contributed by atoms with Crippen molar-refractivity contribution in [1.29, 1.82) is 0 Å². The maximum atomic E-state index is 14.1. The zero-order chi connectivity index (χ0) is 41.6. The molecular weight excluding hydrogens is 723 g/mol. The Balaban J connectivity index is 1.25. The number of carbonyl (C=O) groups is 4. The smallest absolute Gasteiger partial charge is 0.487 e. The molecule has 14 nitrogen and oxygen atoms in total. The number of benzene rings is 1. The molecule has 6 fully saturated rings. The van der Waals surface area contributed by atoms with Gasteiger partial charge >= 0.3 is 31.3 Å². The van der Waals surface area contributed by atoms with Gasteiger partial charge in [0, 0.05) is 25.5 Å². The van der Waals surface area contributed by atoms with Crippen molar-refractivity contribution >= 4 is 31.3 Å². The fourth-order valence-corrected chi connectivity index (χ4v) is 8.96. The van der Waals surface area contributed by atoms with Crippen molar-refractivity contribution in [2.75, 3.05) is 19.6 Å². The Kier molecular flexibility index (Phi) is 10.6. The number of nitrogens with one attached hydrogen (secondary N) is 1. The van der Waals surface area contributed by atoms with Gasteiger partial charge < -0.3 is 43.4 Å². The van der Waals surface area contributed by atoms with Gasteiger partial charge in [-0.05, 0) is 130 Å². The van der Waals surface area contributed by atoms with Crippen LogP contribution >= 0.6 is 0 Å². The van der Waals surface area contributed by atoms with E-state index in [0.29, 0.717) is 23.8 Å². The number of carbonyl (C=O) groups excluding carboxylic acids is 3. The fraction of sp³-hybridized carbons (Fsp3) is 0.756. The van der Waals surface area contributed by atoms with Gasteiger partial charge in [0.05, 0.1) is 11.7 Å². The third-order valence-electron chi connectivity index (χ3n) is 11.9. The average Bonchev–Trinajstić information content (AvgIpc) is 3.69. The molecule has 0 radical (unpaired) electrons. The monoisotopic (exact) mass is 784 g/mol. The van der Waals surface area contributed by atoms with Crippen LogP contribution in [-0.2, 0) is 28.3 Å². The van der Waals surface area contributed by atoms with Gasteiger partial charge in [-0.1, -0.05) is 19.9 Å². The van der Waals surface area contributed by atoms with Crippen LogP contribution in [0.25, 0.3) is 0 Å². The van der Waals surface area contributed by atoms with Gasteiger partial charge in [0.1, 0.15) is 34.2 Å². The van der Waals surface area contributed by atoms with Crippen molar-refractivity contribution in [3.05, 3.63) is 23.3 Å². The largest absolute Gasteiger partial charge is 0.514 e. The predicted molar refractivity (Wildman–Crippen MR) is 206 cm³/mol. The van der Waals surface area contributed by atoms with E-state index in [1.54, 1.807) is 74.4 Å². The van der Waals surface area contributed by atoms with Crippen LogP contribution in [0.2, 0.25) is 5.82 Å². The molecule has 15 heteroatoms. The van der Waals surface area contributed by atoms with E-state index in [1.165, 1.54) is 6.92 Å². The third kappa shape index (κ3) is 8.64. The Bertz CT molecular complexity index is 1740. The van der Waals surface area contributed by atoms with Gasteiger partial charge in [-0.15, -0.1) is 0 Å². The van der Waals surface area contributed by atoms with Crippen LogP contribution in [0, 0.1) is 17.3 Å². The second kappa shape index (κ2) is 14.1. The summed E-state index contributed by atoms with van der Waals surface area (Å²) >= 11 is 0. The van der Waals surface area contributed by atoms with Gasteiger partial charge in [-0.2, -0.15) is 0 Å². The maximum Gasteiger partial charge on any atom is 0.514 e. The van der Waals surface area contributed by atoms with Gasteiger partial charge in [0.2, 0.25) is 0 Å². The van der Waals surface area contributed by atoms with Crippen molar-refractivity contribution in [2.24, 2.45) is 17.3 Å². The van der Waals surface area contributed by atoms with E-state index in [-0.39, 0.29) is 65.6 Å². The highest BCUT2D eigenvalue weighted by Crippen LogP contribution is 2.68. The zero-order valence-corrected chi connectivity index (χ0v) is 35.3. The lowest BCUT2D eigenvalue weighted by Gasteiger charge is -2.64. The van der Waals surface area contributed by atoms with Crippen LogP contribution in [0.5, 0.6) is 11.5 Å².